The van der Waals surface area contributed by atoms with Gasteiger partial charge in [-0.05, 0) is 0 Å². The van der Waals surface area contributed by atoms with E-state index in [0.717, 1.165) is 0 Å². The van der Waals surface area contributed by atoms with Gasteiger partial charge in [0.15, 0.2) is 0 Å². The van der Waals surface area contributed by atoms with Crippen molar-refractivity contribution in [3.8, 4) is 0 Å². The number of hydrogen-bond acceptors (Lipinski definition) is 3. The Hall–Kier alpha value is 0.0197. The van der Waals surface area contributed by atoms with Crippen LogP contribution in [0.3, 0.4) is 0 Å². The van der Waals surface area contributed by atoms with Crippen LogP contribution in [0.4, 0.5) is 0 Å². The summed E-state index contributed by atoms with van der Waals surface area (Å²) in [7, 11) is 0. The standard InChI is InChI=1S/Ca.HNO3.H3N.10H2O/c;2-1(3)4;;;;;;;;;;;/h;(H,2,3,4);1H3;10*1H2. The Morgan fingerprint density at radius 3 is 0.688 bits per heavy atom. The van der Waals surface area contributed by atoms with Crippen LogP contribution in [0, 0.1) is 10.1 Å². The Morgan fingerprint density at radius 2 is 0.688 bits per heavy atom. The van der Waals surface area contributed by atoms with Crippen LogP contribution in [-0.2, 0) is 0 Å². The van der Waals surface area contributed by atoms with Crippen molar-refractivity contribution in [1.82, 2.24) is 6.15 Å². The van der Waals surface area contributed by atoms with Gasteiger partial charge < -0.3 is 66.1 Å². The molecule has 0 spiro atoms. The fraction of sp³-hybridized carbons (Fsp3) is 0. The third-order valence-corrected chi connectivity index (χ3v) is 0. The van der Waals surface area contributed by atoms with Crippen LogP contribution in [0.25, 0.3) is 0 Å². The van der Waals surface area contributed by atoms with Gasteiger partial charge in [0.25, 0.3) is 5.09 Å². The summed E-state index contributed by atoms with van der Waals surface area (Å²) in [6.07, 6.45) is 0. The maximum absolute atomic E-state index is 8.36. The quantitative estimate of drug-likeness (QED) is 0.249. The molecule has 0 aromatic heterocycles. The second-order valence-corrected chi connectivity index (χ2v) is 0.238. The zero-order valence-electron chi connectivity index (χ0n) is 8.13. The van der Waals surface area contributed by atoms with Crippen molar-refractivity contribution in [1.29, 1.82) is 0 Å². The smallest absolute Gasteiger partial charge is 0.291 e. The molecule has 0 amide bonds. The fourth-order valence-corrected chi connectivity index (χ4v) is 0. The molecule has 16 heavy (non-hydrogen) atoms. The molecule has 2 radical (unpaired) electrons. The van der Waals surface area contributed by atoms with E-state index in [1.807, 2.05) is 0 Å². The van der Waals surface area contributed by atoms with Crippen LogP contribution in [0.1, 0.15) is 0 Å². The number of rotatable bonds is 0. The summed E-state index contributed by atoms with van der Waals surface area (Å²) in [6.45, 7) is 0. The molecule has 0 aromatic carbocycles. The maximum Gasteiger partial charge on any atom is 0.291 e. The van der Waals surface area contributed by atoms with E-state index in [1.54, 1.807) is 0 Å². The Morgan fingerprint density at radius 1 is 0.688 bits per heavy atom. The summed E-state index contributed by atoms with van der Waals surface area (Å²) in [4.78, 5) is 8.36. The van der Waals surface area contributed by atoms with Gasteiger partial charge in [0.2, 0.25) is 0 Å². The van der Waals surface area contributed by atoms with Crippen molar-refractivity contribution >= 4 is 37.7 Å². The third kappa shape index (κ3) is 6100000. The topological polar surface area (TPSA) is 413 Å². The van der Waals surface area contributed by atoms with E-state index in [4.69, 9.17) is 15.3 Å². The Kier molecular flexibility index (Phi) is 8020. The first-order chi connectivity index (χ1) is 1.73. The first kappa shape index (κ1) is 396. The first-order valence-corrected chi connectivity index (χ1v) is 0.565. The molecule has 0 atom stereocenters. The molecule has 24 N–H and O–H groups in total. The number of hydrogen-bond donors (Lipinski definition) is 2. The van der Waals surface area contributed by atoms with Crippen LogP contribution in [0.5, 0.6) is 0 Å². The molecule has 0 saturated carbocycles. The molecule has 0 aromatic rings. The van der Waals surface area contributed by atoms with E-state index in [9.17, 15) is 0 Å². The molecule has 0 saturated heterocycles. The van der Waals surface area contributed by atoms with Gasteiger partial charge in [-0.3, -0.25) is 0 Å². The summed E-state index contributed by atoms with van der Waals surface area (Å²) in [6, 6.07) is 0. The van der Waals surface area contributed by atoms with Crippen LogP contribution >= 0.6 is 0 Å². The minimum absolute atomic E-state index is 0. The molecular weight excluding hydrogens is 276 g/mol. The molecule has 0 aliphatic rings. The predicted octanol–water partition coefficient (Wildman–Crippen LogP) is -8.81. The van der Waals surface area contributed by atoms with Crippen molar-refractivity contribution in [2.45, 2.75) is 0 Å². The van der Waals surface area contributed by atoms with Gasteiger partial charge >= 0.3 is 0 Å². The van der Waals surface area contributed by atoms with E-state index in [0.29, 0.717) is 0 Å². The van der Waals surface area contributed by atoms with Crippen LogP contribution in [0.15, 0.2) is 0 Å². The molecular formula is H24CaN2O13. The van der Waals surface area contributed by atoms with Gasteiger partial charge in [0.1, 0.15) is 0 Å². The molecule has 16 heteroatoms. The van der Waals surface area contributed by atoms with Gasteiger partial charge in [-0.2, -0.15) is 0 Å². The minimum Gasteiger partial charge on any atom is -0.412 e. The molecule has 0 fully saturated rings. The molecule has 0 bridgehead atoms. The average Bonchev–Trinajstić information content (AvgIpc) is 0.811. The van der Waals surface area contributed by atoms with Crippen LogP contribution in [0.2, 0.25) is 0 Å². The zero-order valence-corrected chi connectivity index (χ0v) is 10.3. The van der Waals surface area contributed by atoms with Crippen molar-refractivity contribution in [2.75, 3.05) is 0 Å². The summed E-state index contributed by atoms with van der Waals surface area (Å²) >= 11 is 0. The van der Waals surface area contributed by atoms with Crippen LogP contribution in [-0.4, -0.2) is 103 Å². The van der Waals surface area contributed by atoms with E-state index in [2.05, 4.69) is 0 Å². The van der Waals surface area contributed by atoms with E-state index in [-0.39, 0.29) is 98.7 Å². The van der Waals surface area contributed by atoms with Gasteiger partial charge in [-0.1, -0.05) is 0 Å². The van der Waals surface area contributed by atoms with Gasteiger partial charge in [0.05, 0.1) is 0 Å². The first-order valence-electron chi connectivity index (χ1n) is 0.565. The molecule has 0 aliphatic heterocycles. The Bertz CT molecular complexity index is 36.9. The third-order valence-electron chi connectivity index (χ3n) is 0. The van der Waals surface area contributed by atoms with Gasteiger partial charge in [0, 0.05) is 37.7 Å². The molecule has 0 unspecified atom stereocenters. The normalized spacial score (nSPS) is 1.50. The average molecular weight is 300 g/mol. The minimum atomic E-state index is -1.50. The Balaban J connectivity index is -0.000000000682. The van der Waals surface area contributed by atoms with E-state index < -0.39 is 5.09 Å². The van der Waals surface area contributed by atoms with Crippen molar-refractivity contribution < 1.29 is 65.1 Å². The molecule has 0 heterocycles. The molecule has 114 valence electrons. The fourth-order valence-electron chi connectivity index (χ4n) is 0. The molecule has 0 aliphatic carbocycles. The molecule has 15 nitrogen and oxygen atoms in total. The SMILES string of the molecule is N.O.O.O.O.O.O.O.O.O.O.O=[N+]([O-])O.[Ca]. The zero-order chi connectivity index (χ0) is 3.58. The van der Waals surface area contributed by atoms with E-state index >= 15 is 0 Å². The Labute approximate surface area is 119 Å². The number of nitrogens with zero attached hydrogens (tertiary/aromatic N) is 1. The summed E-state index contributed by atoms with van der Waals surface area (Å²) < 4.78 is 0. The van der Waals surface area contributed by atoms with Crippen molar-refractivity contribution in [3.63, 3.8) is 0 Å². The second kappa shape index (κ2) is 324. The van der Waals surface area contributed by atoms with Gasteiger partial charge in [-0.25, -0.2) is 0 Å². The monoisotopic (exact) mass is 300 g/mol. The summed E-state index contributed by atoms with van der Waals surface area (Å²) in [5.74, 6) is 0. The van der Waals surface area contributed by atoms with Crippen molar-refractivity contribution in [2.24, 2.45) is 0 Å². The maximum atomic E-state index is 8.36. The second-order valence-electron chi connectivity index (χ2n) is 0.238. The summed E-state index contributed by atoms with van der Waals surface area (Å²) in [5.41, 5.74) is 0. The van der Waals surface area contributed by atoms with Crippen molar-refractivity contribution in [3.05, 3.63) is 10.1 Å². The summed E-state index contributed by atoms with van der Waals surface area (Å²) in [5, 5.41) is 13.6. The van der Waals surface area contributed by atoms with Gasteiger partial charge in [-0.15, -0.1) is 10.1 Å². The predicted molar refractivity (Wildman–Crippen MR) is 55.7 cm³/mol. The molecule has 0 rings (SSSR count). The largest absolute Gasteiger partial charge is 0.412 e. The van der Waals surface area contributed by atoms with Crippen LogP contribution < -0.4 is 6.15 Å². The van der Waals surface area contributed by atoms with E-state index in [1.165, 1.54) is 0 Å².